The summed E-state index contributed by atoms with van der Waals surface area (Å²) in [5.41, 5.74) is 0.488. The second-order valence-electron chi connectivity index (χ2n) is 3.90. The van der Waals surface area contributed by atoms with Crippen molar-refractivity contribution in [1.29, 1.82) is 0 Å². The zero-order valence-corrected chi connectivity index (χ0v) is 11.8. The van der Waals surface area contributed by atoms with Crippen LogP contribution in [0, 0.1) is 0 Å². The molecule has 0 bridgehead atoms. The van der Waals surface area contributed by atoms with Crippen molar-refractivity contribution >= 4 is 46.0 Å². The van der Waals surface area contributed by atoms with Gasteiger partial charge in [-0.2, -0.15) is 0 Å². The molecule has 1 N–H and O–H groups in total. The van der Waals surface area contributed by atoms with E-state index in [-0.39, 0.29) is 22.0 Å². The smallest absolute Gasteiger partial charge is 0.313 e. The van der Waals surface area contributed by atoms with E-state index in [1.807, 2.05) is 0 Å². The van der Waals surface area contributed by atoms with Gasteiger partial charge in [0.25, 0.3) is 11.8 Å². The third-order valence-corrected chi connectivity index (χ3v) is 4.62. The number of carbonyl (C=O) groups is 3. The Hall–Kier alpha value is -2.33. The fourth-order valence-electron chi connectivity index (χ4n) is 1.73. The fraction of sp³-hybridized carbons (Fsp3) is 0.0909. The summed E-state index contributed by atoms with van der Waals surface area (Å²) < 4.78 is 0.377. The molecule has 0 aromatic carbocycles. The summed E-state index contributed by atoms with van der Waals surface area (Å²) in [6.07, 6.45) is 2.76. The van der Waals surface area contributed by atoms with Crippen molar-refractivity contribution < 1.29 is 19.5 Å². The minimum atomic E-state index is -0.983. The summed E-state index contributed by atoms with van der Waals surface area (Å²) in [6, 6.07) is 1.47. The number of carbonyl (C=O) groups excluding carboxylic acids is 2. The molecule has 106 valence electrons. The quantitative estimate of drug-likeness (QED) is 0.502. The highest BCUT2D eigenvalue weighted by atomic mass is 32.2. The van der Waals surface area contributed by atoms with Crippen molar-refractivity contribution in [2.24, 2.45) is 0 Å². The van der Waals surface area contributed by atoms with E-state index in [4.69, 9.17) is 5.11 Å². The molecule has 2 aromatic rings. The minimum Gasteiger partial charge on any atom is -0.481 e. The predicted octanol–water partition coefficient (Wildman–Crippen LogP) is 0.910. The molecular weight excluding hydrogens is 316 g/mol. The molecular formula is C11H6N4O4S2. The number of rotatable bonds is 4. The number of anilines is 1. The Balaban J connectivity index is 1.87. The Morgan fingerprint density at radius 3 is 2.76 bits per heavy atom. The average Bonchev–Trinajstić information content (AvgIpc) is 3.02. The van der Waals surface area contributed by atoms with Crippen LogP contribution in [-0.4, -0.2) is 43.8 Å². The van der Waals surface area contributed by atoms with Crippen LogP contribution in [0.4, 0.5) is 5.13 Å². The maximum absolute atomic E-state index is 12.2. The molecule has 3 heterocycles. The van der Waals surface area contributed by atoms with Gasteiger partial charge < -0.3 is 5.11 Å². The number of amides is 2. The summed E-state index contributed by atoms with van der Waals surface area (Å²) in [6.45, 7) is 0. The lowest BCUT2D eigenvalue weighted by Gasteiger charge is -2.07. The second kappa shape index (κ2) is 5.22. The molecule has 0 atom stereocenters. The molecule has 0 aliphatic carbocycles. The van der Waals surface area contributed by atoms with Gasteiger partial charge in [-0.05, 0) is 6.07 Å². The van der Waals surface area contributed by atoms with Crippen LogP contribution < -0.4 is 4.90 Å². The van der Waals surface area contributed by atoms with Gasteiger partial charge in [-0.1, -0.05) is 23.1 Å². The van der Waals surface area contributed by atoms with Crippen LogP contribution in [-0.2, 0) is 4.79 Å². The number of aromatic nitrogens is 3. The third-order valence-electron chi connectivity index (χ3n) is 2.59. The highest BCUT2D eigenvalue weighted by Gasteiger charge is 2.38. The Morgan fingerprint density at radius 2 is 2.05 bits per heavy atom. The Bertz CT molecular complexity index is 725. The SMILES string of the molecule is O=C(O)CSc1nnc(N2C(=O)c3ccncc3C2=O)s1. The lowest BCUT2D eigenvalue weighted by Crippen LogP contribution is -2.29. The summed E-state index contributed by atoms with van der Waals surface area (Å²) in [7, 11) is 0. The molecule has 10 heteroatoms. The monoisotopic (exact) mass is 322 g/mol. The highest BCUT2D eigenvalue weighted by molar-refractivity contribution is 8.01. The first-order chi connectivity index (χ1) is 10.1. The number of imide groups is 1. The number of carboxylic acids is 1. The lowest BCUT2D eigenvalue weighted by atomic mass is 10.2. The van der Waals surface area contributed by atoms with Crippen LogP contribution in [0.15, 0.2) is 22.8 Å². The molecule has 0 fully saturated rings. The molecule has 1 aliphatic heterocycles. The van der Waals surface area contributed by atoms with E-state index in [0.717, 1.165) is 28.0 Å². The van der Waals surface area contributed by atoms with Gasteiger partial charge in [-0.3, -0.25) is 19.4 Å². The van der Waals surface area contributed by atoms with Gasteiger partial charge in [0.1, 0.15) is 0 Å². The standard InChI is InChI=1S/C11H6N4O4S2/c16-7(17)4-20-11-14-13-10(21-11)15-8(18)5-1-2-12-3-6(5)9(15)19/h1-3H,4H2,(H,16,17). The van der Waals surface area contributed by atoms with Crippen LogP contribution >= 0.6 is 23.1 Å². The Labute approximate surface area is 125 Å². The van der Waals surface area contributed by atoms with Crippen molar-refractivity contribution in [3.8, 4) is 0 Å². The summed E-state index contributed by atoms with van der Waals surface area (Å²) in [5.74, 6) is -2.14. The van der Waals surface area contributed by atoms with Gasteiger partial charge >= 0.3 is 5.97 Å². The van der Waals surface area contributed by atoms with Gasteiger partial charge in [-0.25, -0.2) is 4.90 Å². The number of thioether (sulfide) groups is 1. The third kappa shape index (κ3) is 2.38. The van der Waals surface area contributed by atoms with Crippen molar-refractivity contribution in [3.05, 3.63) is 29.6 Å². The summed E-state index contributed by atoms with van der Waals surface area (Å²) in [5, 5.41) is 16.3. The molecule has 2 amide bonds. The van der Waals surface area contributed by atoms with Crippen molar-refractivity contribution in [2.75, 3.05) is 10.7 Å². The number of nitrogens with zero attached hydrogens (tertiary/aromatic N) is 4. The minimum absolute atomic E-state index is 0.120. The van der Waals surface area contributed by atoms with Gasteiger partial charge in [0.15, 0.2) is 4.34 Å². The molecule has 3 rings (SSSR count). The van der Waals surface area contributed by atoms with E-state index in [9.17, 15) is 14.4 Å². The van der Waals surface area contributed by atoms with E-state index < -0.39 is 17.8 Å². The molecule has 1 aliphatic rings. The first kappa shape index (κ1) is 13.6. The topological polar surface area (TPSA) is 113 Å². The van der Waals surface area contributed by atoms with Crippen molar-refractivity contribution in [3.63, 3.8) is 0 Å². The number of carboxylic acid groups (broad SMARTS) is 1. The van der Waals surface area contributed by atoms with Crippen molar-refractivity contribution in [1.82, 2.24) is 15.2 Å². The van der Waals surface area contributed by atoms with E-state index in [1.165, 1.54) is 18.5 Å². The van der Waals surface area contributed by atoms with Crippen LogP contribution in [0.25, 0.3) is 0 Å². The highest BCUT2D eigenvalue weighted by Crippen LogP contribution is 2.33. The van der Waals surface area contributed by atoms with E-state index in [2.05, 4.69) is 15.2 Å². The molecule has 21 heavy (non-hydrogen) atoms. The summed E-state index contributed by atoms with van der Waals surface area (Å²) >= 11 is 1.97. The Kier molecular flexibility index (Phi) is 3.39. The van der Waals surface area contributed by atoms with Gasteiger partial charge in [0.2, 0.25) is 5.13 Å². The zero-order chi connectivity index (χ0) is 15.0. The number of hydrogen-bond donors (Lipinski definition) is 1. The maximum atomic E-state index is 12.2. The molecule has 8 nitrogen and oxygen atoms in total. The first-order valence-corrected chi connectivity index (χ1v) is 7.39. The number of fused-ring (bicyclic) bond motifs is 1. The van der Waals surface area contributed by atoms with Crippen LogP contribution in [0.5, 0.6) is 0 Å². The van der Waals surface area contributed by atoms with E-state index in [1.54, 1.807) is 0 Å². The summed E-state index contributed by atoms with van der Waals surface area (Å²) in [4.78, 5) is 39.6. The molecule has 0 saturated heterocycles. The Morgan fingerprint density at radius 1 is 1.29 bits per heavy atom. The van der Waals surface area contributed by atoms with Crippen LogP contribution in [0.2, 0.25) is 0 Å². The zero-order valence-electron chi connectivity index (χ0n) is 10.2. The van der Waals surface area contributed by atoms with Gasteiger partial charge in [-0.15, -0.1) is 10.2 Å². The number of pyridine rings is 1. The molecule has 0 unspecified atom stereocenters. The molecule has 0 spiro atoms. The second-order valence-corrected chi connectivity index (χ2v) is 6.08. The van der Waals surface area contributed by atoms with Crippen LogP contribution in [0.3, 0.4) is 0 Å². The van der Waals surface area contributed by atoms with Gasteiger partial charge in [0.05, 0.1) is 16.9 Å². The number of hydrogen-bond acceptors (Lipinski definition) is 8. The first-order valence-electron chi connectivity index (χ1n) is 5.59. The van der Waals surface area contributed by atoms with E-state index in [0.29, 0.717) is 4.34 Å². The maximum Gasteiger partial charge on any atom is 0.313 e. The van der Waals surface area contributed by atoms with Crippen LogP contribution in [0.1, 0.15) is 20.7 Å². The average molecular weight is 322 g/mol. The predicted molar refractivity (Wildman–Crippen MR) is 73.6 cm³/mol. The molecule has 0 radical (unpaired) electrons. The number of aliphatic carboxylic acids is 1. The largest absolute Gasteiger partial charge is 0.481 e. The molecule has 0 saturated carbocycles. The lowest BCUT2D eigenvalue weighted by molar-refractivity contribution is -0.133. The normalized spacial score (nSPS) is 13.6. The fourth-order valence-corrected chi connectivity index (χ4v) is 3.29. The van der Waals surface area contributed by atoms with Crippen molar-refractivity contribution in [2.45, 2.75) is 4.34 Å². The van der Waals surface area contributed by atoms with Gasteiger partial charge in [0, 0.05) is 12.4 Å². The van der Waals surface area contributed by atoms with E-state index >= 15 is 0 Å². The molecule has 2 aromatic heterocycles.